The number of fused-ring (bicyclic) bond motifs is 1. The minimum atomic E-state index is 0.458. The lowest BCUT2D eigenvalue weighted by atomic mass is 10.1. The highest BCUT2D eigenvalue weighted by Crippen LogP contribution is 2.17. The Morgan fingerprint density at radius 1 is 1.08 bits per heavy atom. The molecule has 3 heterocycles. The molecule has 0 saturated carbocycles. The third kappa shape index (κ3) is 3.91. The zero-order chi connectivity index (χ0) is 17.8. The van der Waals surface area contributed by atoms with E-state index in [2.05, 4.69) is 37.2 Å². The molecule has 1 aliphatic rings. The minimum absolute atomic E-state index is 0.458. The number of hydrogen-bond donors (Lipinski definition) is 1. The van der Waals surface area contributed by atoms with Gasteiger partial charge in [0.05, 0.1) is 0 Å². The molecule has 0 aliphatic carbocycles. The molecule has 0 radical (unpaired) electrons. The second-order valence-corrected chi connectivity index (χ2v) is 6.68. The van der Waals surface area contributed by atoms with E-state index in [1.165, 1.54) is 5.56 Å². The number of pyridine rings is 1. The maximum Gasteiger partial charge on any atom is 0.133 e. The summed E-state index contributed by atoms with van der Waals surface area (Å²) in [7, 11) is 0. The molecule has 6 nitrogen and oxygen atoms in total. The zero-order valence-electron chi connectivity index (χ0n) is 14.9. The Balaban J connectivity index is 1.27. The number of aryl methyl sites for hydroxylation is 2. The topological polar surface area (TPSA) is 64.9 Å². The van der Waals surface area contributed by atoms with Crippen LogP contribution in [0, 0.1) is 6.92 Å². The largest absolute Gasteiger partial charge is 0.489 e. The Hall–Kier alpha value is -2.73. The molecule has 1 atom stereocenters. The lowest BCUT2D eigenvalue weighted by Gasteiger charge is -2.25. The van der Waals surface area contributed by atoms with Gasteiger partial charge in [0, 0.05) is 37.9 Å². The fraction of sp³-hybridized carbons (Fsp3) is 0.350. The Morgan fingerprint density at radius 3 is 2.69 bits per heavy atom. The molecule has 0 spiro atoms. The standard InChI is InChI=1S/C20H23N5O/c1-15-23-24-20-7-4-18(13-25(15)20)22-12-16-2-5-19(6-3-16)26-14-17-8-10-21-11-9-17/h2-3,5-6,8-11,18,22H,4,7,12-14H2,1H3. The van der Waals surface area contributed by atoms with E-state index >= 15 is 0 Å². The zero-order valence-corrected chi connectivity index (χ0v) is 14.9. The SMILES string of the molecule is Cc1nnc2n1CC(NCc1ccc(OCc3ccncc3)cc1)CC2. The number of aromatic nitrogens is 4. The normalized spacial score (nSPS) is 16.3. The van der Waals surface area contributed by atoms with E-state index in [9.17, 15) is 0 Å². The summed E-state index contributed by atoms with van der Waals surface area (Å²) in [5, 5.41) is 12.0. The predicted octanol–water partition coefficient (Wildman–Crippen LogP) is 2.67. The third-order valence-electron chi connectivity index (χ3n) is 4.80. The monoisotopic (exact) mass is 349 g/mol. The number of ether oxygens (including phenoxy) is 1. The quantitative estimate of drug-likeness (QED) is 0.741. The molecule has 0 saturated heterocycles. The van der Waals surface area contributed by atoms with Gasteiger partial charge in [0.25, 0.3) is 0 Å². The Morgan fingerprint density at radius 2 is 1.88 bits per heavy atom. The summed E-state index contributed by atoms with van der Waals surface area (Å²) in [4.78, 5) is 4.01. The van der Waals surface area contributed by atoms with Crippen molar-refractivity contribution in [1.29, 1.82) is 0 Å². The van der Waals surface area contributed by atoms with E-state index in [1.807, 2.05) is 31.2 Å². The molecule has 134 valence electrons. The van der Waals surface area contributed by atoms with Gasteiger partial charge in [0.15, 0.2) is 0 Å². The van der Waals surface area contributed by atoms with Gasteiger partial charge in [-0.15, -0.1) is 10.2 Å². The molecule has 6 heteroatoms. The van der Waals surface area contributed by atoms with Crippen molar-refractivity contribution < 1.29 is 4.74 Å². The fourth-order valence-corrected chi connectivity index (χ4v) is 3.24. The van der Waals surface area contributed by atoms with Gasteiger partial charge in [-0.05, 0) is 48.7 Å². The van der Waals surface area contributed by atoms with Crippen LogP contribution in [0.5, 0.6) is 5.75 Å². The Labute approximate surface area is 153 Å². The number of hydrogen-bond acceptors (Lipinski definition) is 5. The van der Waals surface area contributed by atoms with Crippen molar-refractivity contribution in [2.45, 2.75) is 45.5 Å². The van der Waals surface area contributed by atoms with Gasteiger partial charge < -0.3 is 14.6 Å². The highest BCUT2D eigenvalue weighted by atomic mass is 16.5. The van der Waals surface area contributed by atoms with Crippen LogP contribution in [0.3, 0.4) is 0 Å². The van der Waals surface area contributed by atoms with Crippen molar-refractivity contribution >= 4 is 0 Å². The molecule has 0 fully saturated rings. The molecule has 4 rings (SSSR count). The van der Waals surface area contributed by atoms with Gasteiger partial charge in [-0.1, -0.05) is 12.1 Å². The fourth-order valence-electron chi connectivity index (χ4n) is 3.24. The first kappa shape index (κ1) is 16.7. The summed E-state index contributed by atoms with van der Waals surface area (Å²) in [6.07, 6.45) is 5.65. The Bertz CT molecular complexity index is 844. The van der Waals surface area contributed by atoms with Gasteiger partial charge in [-0.3, -0.25) is 4.98 Å². The summed E-state index contributed by atoms with van der Waals surface area (Å²) in [5.74, 6) is 2.99. The minimum Gasteiger partial charge on any atom is -0.489 e. The van der Waals surface area contributed by atoms with E-state index < -0.39 is 0 Å². The van der Waals surface area contributed by atoms with Crippen LogP contribution >= 0.6 is 0 Å². The van der Waals surface area contributed by atoms with Crippen LogP contribution in [0.4, 0.5) is 0 Å². The van der Waals surface area contributed by atoms with Gasteiger partial charge >= 0.3 is 0 Å². The first-order chi connectivity index (χ1) is 12.8. The molecule has 2 aromatic heterocycles. The number of benzene rings is 1. The molecule has 26 heavy (non-hydrogen) atoms. The summed E-state index contributed by atoms with van der Waals surface area (Å²) in [5.41, 5.74) is 2.37. The average molecular weight is 349 g/mol. The summed E-state index contributed by atoms with van der Waals surface area (Å²) >= 11 is 0. The molecular weight excluding hydrogens is 326 g/mol. The van der Waals surface area contributed by atoms with Crippen LogP contribution < -0.4 is 10.1 Å². The molecule has 1 aliphatic heterocycles. The molecule has 0 bridgehead atoms. The molecule has 1 N–H and O–H groups in total. The van der Waals surface area contributed by atoms with Crippen molar-refractivity contribution in [2.75, 3.05) is 0 Å². The average Bonchev–Trinajstić information content (AvgIpc) is 3.07. The first-order valence-corrected chi connectivity index (χ1v) is 9.00. The van der Waals surface area contributed by atoms with Crippen molar-refractivity contribution in [3.05, 3.63) is 71.6 Å². The van der Waals surface area contributed by atoms with E-state index in [0.29, 0.717) is 12.6 Å². The van der Waals surface area contributed by atoms with Crippen LogP contribution in [0.1, 0.15) is 29.2 Å². The number of nitrogens with zero attached hydrogens (tertiary/aromatic N) is 4. The summed E-state index contributed by atoms with van der Waals surface area (Å²) in [6.45, 7) is 4.37. The van der Waals surface area contributed by atoms with Crippen molar-refractivity contribution in [2.24, 2.45) is 0 Å². The number of nitrogens with one attached hydrogen (secondary N) is 1. The first-order valence-electron chi connectivity index (χ1n) is 9.00. The van der Waals surface area contributed by atoms with Crippen molar-refractivity contribution in [3.8, 4) is 5.75 Å². The van der Waals surface area contributed by atoms with Crippen LogP contribution in [0.25, 0.3) is 0 Å². The smallest absolute Gasteiger partial charge is 0.133 e. The van der Waals surface area contributed by atoms with Crippen LogP contribution in [-0.4, -0.2) is 25.8 Å². The van der Waals surface area contributed by atoms with E-state index in [0.717, 1.165) is 48.9 Å². The Kier molecular flexibility index (Phi) is 4.93. The highest BCUT2D eigenvalue weighted by Gasteiger charge is 2.20. The highest BCUT2D eigenvalue weighted by molar-refractivity contribution is 5.27. The van der Waals surface area contributed by atoms with Crippen LogP contribution in [0.2, 0.25) is 0 Å². The predicted molar refractivity (Wildman–Crippen MR) is 98.7 cm³/mol. The van der Waals surface area contributed by atoms with Gasteiger partial charge in [-0.2, -0.15) is 0 Å². The van der Waals surface area contributed by atoms with Crippen LogP contribution in [0.15, 0.2) is 48.8 Å². The maximum atomic E-state index is 5.82. The molecular formula is C20H23N5O. The van der Waals surface area contributed by atoms with E-state index in [4.69, 9.17) is 4.74 Å². The van der Waals surface area contributed by atoms with Crippen molar-refractivity contribution in [3.63, 3.8) is 0 Å². The van der Waals surface area contributed by atoms with Gasteiger partial charge in [-0.25, -0.2) is 0 Å². The molecule has 1 aromatic carbocycles. The number of rotatable bonds is 6. The molecule has 0 amide bonds. The molecule has 3 aromatic rings. The van der Waals surface area contributed by atoms with Crippen molar-refractivity contribution in [1.82, 2.24) is 25.1 Å². The van der Waals surface area contributed by atoms with Crippen LogP contribution in [-0.2, 0) is 26.1 Å². The van der Waals surface area contributed by atoms with E-state index in [-0.39, 0.29) is 0 Å². The summed E-state index contributed by atoms with van der Waals surface area (Å²) in [6, 6.07) is 12.7. The lowest BCUT2D eigenvalue weighted by molar-refractivity contribution is 0.306. The third-order valence-corrected chi connectivity index (χ3v) is 4.80. The van der Waals surface area contributed by atoms with Gasteiger partial charge in [0.2, 0.25) is 0 Å². The van der Waals surface area contributed by atoms with E-state index in [1.54, 1.807) is 12.4 Å². The lowest BCUT2D eigenvalue weighted by Crippen LogP contribution is -2.37. The van der Waals surface area contributed by atoms with Gasteiger partial charge in [0.1, 0.15) is 24.0 Å². The second-order valence-electron chi connectivity index (χ2n) is 6.68. The maximum absolute atomic E-state index is 5.82. The second kappa shape index (κ2) is 7.66. The summed E-state index contributed by atoms with van der Waals surface area (Å²) < 4.78 is 8.04. The molecule has 1 unspecified atom stereocenters.